The molecule has 3 N–H and O–H groups in total. The molecule has 5 heteroatoms. The molecule has 0 saturated heterocycles. The minimum absolute atomic E-state index is 0.00917. The van der Waals surface area contributed by atoms with Crippen LogP contribution >= 0.6 is 0 Å². The van der Waals surface area contributed by atoms with Crippen LogP contribution in [0.1, 0.15) is 16.7 Å². The van der Waals surface area contributed by atoms with E-state index in [1.807, 2.05) is 13.8 Å². The number of hydrogen-bond acceptors (Lipinski definition) is 2. The van der Waals surface area contributed by atoms with Crippen LogP contribution < -0.4 is 11.1 Å². The molecule has 0 aliphatic rings. The van der Waals surface area contributed by atoms with Crippen molar-refractivity contribution in [2.75, 3.05) is 11.1 Å². The number of benzene rings is 2. The van der Waals surface area contributed by atoms with Gasteiger partial charge >= 0.3 is 0 Å². The summed E-state index contributed by atoms with van der Waals surface area (Å²) in [7, 11) is 0. The lowest BCUT2D eigenvalue weighted by Crippen LogP contribution is -2.16. The van der Waals surface area contributed by atoms with Crippen LogP contribution in [0.5, 0.6) is 0 Å². The van der Waals surface area contributed by atoms with E-state index in [9.17, 15) is 13.6 Å². The minimum atomic E-state index is -0.999. The van der Waals surface area contributed by atoms with Crippen LogP contribution in [0.25, 0.3) is 0 Å². The van der Waals surface area contributed by atoms with Gasteiger partial charge < -0.3 is 11.1 Å². The Morgan fingerprint density at radius 3 is 2.57 bits per heavy atom. The number of aryl methyl sites for hydroxylation is 2. The Morgan fingerprint density at radius 1 is 1.19 bits per heavy atom. The molecule has 0 heterocycles. The second-order valence-corrected chi connectivity index (χ2v) is 4.96. The van der Waals surface area contributed by atoms with Crippen molar-refractivity contribution in [3.8, 4) is 0 Å². The third kappa shape index (κ3) is 3.37. The van der Waals surface area contributed by atoms with Crippen LogP contribution in [-0.4, -0.2) is 5.91 Å². The summed E-state index contributed by atoms with van der Waals surface area (Å²) in [6.45, 7) is 3.82. The van der Waals surface area contributed by atoms with E-state index in [1.165, 1.54) is 12.1 Å². The molecule has 0 bridgehead atoms. The SMILES string of the molecule is Cc1cc(N)c(NC(=O)Cc2cccc(F)c2F)cc1C. The number of amides is 1. The zero-order valence-electron chi connectivity index (χ0n) is 11.8. The van der Waals surface area contributed by atoms with Gasteiger partial charge in [0.25, 0.3) is 0 Å². The van der Waals surface area contributed by atoms with E-state index in [-0.39, 0.29) is 12.0 Å². The molecular formula is C16H16F2N2O. The largest absolute Gasteiger partial charge is 0.397 e. The molecule has 0 radical (unpaired) electrons. The lowest BCUT2D eigenvalue weighted by atomic mass is 10.1. The second kappa shape index (κ2) is 5.91. The third-order valence-electron chi connectivity index (χ3n) is 3.32. The molecule has 2 aromatic carbocycles. The number of anilines is 2. The number of nitrogens with two attached hydrogens (primary N) is 1. The second-order valence-electron chi connectivity index (χ2n) is 4.96. The van der Waals surface area contributed by atoms with Crippen LogP contribution in [0.3, 0.4) is 0 Å². The lowest BCUT2D eigenvalue weighted by Gasteiger charge is -2.11. The number of halogens is 2. The van der Waals surface area contributed by atoms with Gasteiger partial charge in [0.2, 0.25) is 5.91 Å². The summed E-state index contributed by atoms with van der Waals surface area (Å²) < 4.78 is 26.6. The van der Waals surface area contributed by atoms with Crippen molar-refractivity contribution in [2.24, 2.45) is 0 Å². The first-order chi connectivity index (χ1) is 9.88. The zero-order valence-corrected chi connectivity index (χ0v) is 11.8. The highest BCUT2D eigenvalue weighted by atomic mass is 19.2. The Labute approximate surface area is 121 Å². The van der Waals surface area contributed by atoms with Crippen molar-refractivity contribution in [3.63, 3.8) is 0 Å². The van der Waals surface area contributed by atoms with E-state index in [2.05, 4.69) is 5.32 Å². The van der Waals surface area contributed by atoms with Crippen LogP contribution in [0, 0.1) is 25.5 Å². The van der Waals surface area contributed by atoms with Gasteiger partial charge in [-0.2, -0.15) is 0 Å². The van der Waals surface area contributed by atoms with Crippen molar-refractivity contribution in [1.82, 2.24) is 0 Å². The van der Waals surface area contributed by atoms with Gasteiger partial charge in [0, 0.05) is 5.56 Å². The van der Waals surface area contributed by atoms with Gasteiger partial charge in [-0.1, -0.05) is 12.1 Å². The topological polar surface area (TPSA) is 55.1 Å². The monoisotopic (exact) mass is 290 g/mol. The summed E-state index contributed by atoms with van der Waals surface area (Å²) in [5, 5.41) is 2.62. The summed E-state index contributed by atoms with van der Waals surface area (Å²) in [5.74, 6) is -2.42. The summed E-state index contributed by atoms with van der Waals surface area (Å²) >= 11 is 0. The van der Waals surface area contributed by atoms with E-state index in [0.29, 0.717) is 11.4 Å². The summed E-state index contributed by atoms with van der Waals surface area (Å²) in [4.78, 5) is 11.9. The quantitative estimate of drug-likeness (QED) is 0.852. The van der Waals surface area contributed by atoms with E-state index in [0.717, 1.165) is 17.2 Å². The van der Waals surface area contributed by atoms with E-state index >= 15 is 0 Å². The standard InChI is InChI=1S/C16H16F2N2O/c1-9-6-13(19)14(7-10(9)2)20-15(21)8-11-4-3-5-12(17)16(11)18/h3-7H,8,19H2,1-2H3,(H,20,21). The summed E-state index contributed by atoms with van der Waals surface area (Å²) in [5.41, 5.74) is 8.75. The fraction of sp³-hybridized carbons (Fsp3) is 0.188. The van der Waals surface area contributed by atoms with E-state index in [1.54, 1.807) is 12.1 Å². The predicted octanol–water partition coefficient (Wildman–Crippen LogP) is 3.35. The molecule has 2 aromatic rings. The molecule has 0 spiro atoms. The molecule has 0 aliphatic carbocycles. The fourth-order valence-electron chi connectivity index (χ4n) is 2.00. The third-order valence-corrected chi connectivity index (χ3v) is 3.32. The highest BCUT2D eigenvalue weighted by molar-refractivity contribution is 5.95. The van der Waals surface area contributed by atoms with Crippen LogP contribution in [0.2, 0.25) is 0 Å². The Hall–Kier alpha value is -2.43. The summed E-state index contributed by atoms with van der Waals surface area (Å²) in [6, 6.07) is 7.27. The van der Waals surface area contributed by atoms with Crippen molar-refractivity contribution < 1.29 is 13.6 Å². The van der Waals surface area contributed by atoms with Gasteiger partial charge in [-0.15, -0.1) is 0 Å². The predicted molar refractivity (Wildman–Crippen MR) is 79.0 cm³/mol. The molecule has 2 rings (SSSR count). The maximum Gasteiger partial charge on any atom is 0.228 e. The first kappa shape index (κ1) is 15.0. The molecule has 0 atom stereocenters. The maximum absolute atomic E-state index is 13.5. The average molecular weight is 290 g/mol. The molecule has 110 valence electrons. The van der Waals surface area contributed by atoms with Crippen LogP contribution in [0.15, 0.2) is 30.3 Å². The van der Waals surface area contributed by atoms with Gasteiger partial charge in [0.1, 0.15) is 0 Å². The normalized spacial score (nSPS) is 10.5. The molecule has 21 heavy (non-hydrogen) atoms. The Kier molecular flexibility index (Phi) is 4.21. The van der Waals surface area contributed by atoms with Gasteiger partial charge in [0.15, 0.2) is 11.6 Å². The molecule has 0 saturated carbocycles. The van der Waals surface area contributed by atoms with Crippen molar-refractivity contribution in [1.29, 1.82) is 0 Å². The van der Waals surface area contributed by atoms with Crippen molar-refractivity contribution >= 4 is 17.3 Å². The number of nitrogen functional groups attached to an aromatic ring is 1. The molecule has 0 aliphatic heterocycles. The fourth-order valence-corrected chi connectivity index (χ4v) is 2.00. The number of rotatable bonds is 3. The Morgan fingerprint density at radius 2 is 1.86 bits per heavy atom. The van der Waals surface area contributed by atoms with E-state index in [4.69, 9.17) is 5.73 Å². The molecule has 0 fully saturated rings. The van der Waals surface area contributed by atoms with Crippen molar-refractivity contribution in [2.45, 2.75) is 20.3 Å². The number of hydrogen-bond donors (Lipinski definition) is 2. The van der Waals surface area contributed by atoms with Crippen LogP contribution in [0.4, 0.5) is 20.2 Å². The smallest absolute Gasteiger partial charge is 0.228 e. The minimum Gasteiger partial charge on any atom is -0.397 e. The van der Waals surface area contributed by atoms with Crippen LogP contribution in [-0.2, 0) is 11.2 Å². The number of carbonyl (C=O) groups excluding carboxylic acids is 1. The lowest BCUT2D eigenvalue weighted by molar-refractivity contribution is -0.115. The molecular weight excluding hydrogens is 274 g/mol. The van der Waals surface area contributed by atoms with Gasteiger partial charge in [-0.3, -0.25) is 4.79 Å². The zero-order chi connectivity index (χ0) is 15.6. The maximum atomic E-state index is 13.5. The Bertz CT molecular complexity index is 699. The number of carbonyl (C=O) groups is 1. The van der Waals surface area contributed by atoms with Gasteiger partial charge in [-0.05, 0) is 43.2 Å². The van der Waals surface area contributed by atoms with Gasteiger partial charge in [-0.25, -0.2) is 8.78 Å². The van der Waals surface area contributed by atoms with E-state index < -0.39 is 17.5 Å². The molecule has 0 unspecified atom stereocenters. The molecule has 0 aromatic heterocycles. The highest BCUT2D eigenvalue weighted by Crippen LogP contribution is 2.23. The molecule has 1 amide bonds. The van der Waals surface area contributed by atoms with Gasteiger partial charge in [0.05, 0.1) is 17.8 Å². The first-order valence-electron chi connectivity index (χ1n) is 6.48. The Balaban J connectivity index is 2.16. The molecule has 3 nitrogen and oxygen atoms in total. The highest BCUT2D eigenvalue weighted by Gasteiger charge is 2.13. The summed E-state index contributed by atoms with van der Waals surface area (Å²) in [6.07, 6.45) is -0.254. The average Bonchev–Trinajstić information content (AvgIpc) is 2.41. The number of nitrogens with one attached hydrogen (secondary N) is 1. The van der Waals surface area contributed by atoms with Crippen molar-refractivity contribution in [3.05, 3.63) is 58.7 Å². The first-order valence-corrected chi connectivity index (χ1v) is 6.48.